The van der Waals surface area contributed by atoms with Crippen molar-refractivity contribution in [1.29, 1.82) is 0 Å². The van der Waals surface area contributed by atoms with Gasteiger partial charge in [-0.05, 0) is 32.4 Å². The summed E-state index contributed by atoms with van der Waals surface area (Å²) in [5, 5.41) is 0.929. The molecule has 0 spiro atoms. The average Bonchev–Trinajstić information content (AvgIpc) is 3.05. The van der Waals surface area contributed by atoms with Crippen LogP contribution >= 0.6 is 11.3 Å². The van der Waals surface area contributed by atoms with Gasteiger partial charge in [0.05, 0.1) is 5.69 Å². The Morgan fingerprint density at radius 2 is 2.00 bits per heavy atom. The molecule has 1 atom stereocenters. The predicted molar refractivity (Wildman–Crippen MR) is 101 cm³/mol. The van der Waals surface area contributed by atoms with Crippen LogP contribution in [0, 0.1) is 0 Å². The van der Waals surface area contributed by atoms with Crippen LogP contribution in [0.1, 0.15) is 27.3 Å². The SMILES string of the molecule is CN1CCN([C@H]2CCc3nc(-c4ccccc4C(N)=O)sc3C2)CC1. The van der Waals surface area contributed by atoms with E-state index < -0.39 is 0 Å². The van der Waals surface area contributed by atoms with E-state index in [1.165, 1.54) is 17.0 Å². The van der Waals surface area contributed by atoms with Crippen molar-refractivity contribution in [1.82, 2.24) is 14.8 Å². The van der Waals surface area contributed by atoms with E-state index in [-0.39, 0.29) is 5.91 Å². The molecule has 5 nitrogen and oxygen atoms in total. The molecule has 4 rings (SSSR count). The Labute approximate surface area is 152 Å². The standard InChI is InChI=1S/C19H24N4OS/c1-22-8-10-23(11-9-22)13-6-7-16-17(12-13)25-19(21-16)15-5-3-2-4-14(15)18(20)24/h2-5,13H,6-12H2,1H3,(H2,20,24)/t13-/m0/s1. The molecule has 2 aliphatic rings. The number of aryl methyl sites for hydroxylation is 1. The van der Waals surface area contributed by atoms with E-state index in [1.807, 2.05) is 18.2 Å². The van der Waals surface area contributed by atoms with Crippen molar-refractivity contribution in [3.8, 4) is 10.6 Å². The highest BCUT2D eigenvalue weighted by atomic mass is 32.1. The number of carbonyl (C=O) groups excluding carboxylic acids is 1. The number of nitrogens with two attached hydrogens (primary N) is 1. The molecule has 132 valence electrons. The van der Waals surface area contributed by atoms with Gasteiger partial charge in [-0.1, -0.05) is 18.2 Å². The smallest absolute Gasteiger partial charge is 0.249 e. The van der Waals surface area contributed by atoms with Gasteiger partial charge in [-0.2, -0.15) is 0 Å². The zero-order valence-electron chi connectivity index (χ0n) is 14.6. The number of rotatable bonds is 3. The highest BCUT2D eigenvalue weighted by Crippen LogP contribution is 2.35. The van der Waals surface area contributed by atoms with E-state index in [0.29, 0.717) is 11.6 Å². The summed E-state index contributed by atoms with van der Waals surface area (Å²) in [6, 6.07) is 8.14. The van der Waals surface area contributed by atoms with Crippen LogP contribution in [0.4, 0.5) is 0 Å². The number of hydrogen-bond acceptors (Lipinski definition) is 5. The van der Waals surface area contributed by atoms with Crippen LogP contribution < -0.4 is 5.73 Å². The average molecular weight is 356 g/mol. The quantitative estimate of drug-likeness (QED) is 0.914. The molecule has 1 aliphatic heterocycles. The van der Waals surface area contributed by atoms with Crippen molar-refractivity contribution >= 4 is 17.2 Å². The third-order valence-corrected chi connectivity index (χ3v) is 6.54. The second-order valence-electron chi connectivity index (χ2n) is 7.03. The number of amides is 1. The minimum atomic E-state index is -0.390. The molecule has 6 heteroatoms. The van der Waals surface area contributed by atoms with Gasteiger partial charge in [-0.25, -0.2) is 4.98 Å². The van der Waals surface area contributed by atoms with Crippen molar-refractivity contribution in [3.05, 3.63) is 40.4 Å². The third-order valence-electron chi connectivity index (χ3n) is 5.39. The number of aromatic nitrogens is 1. The van der Waals surface area contributed by atoms with Gasteiger partial charge in [0.15, 0.2) is 0 Å². The lowest BCUT2D eigenvalue weighted by Gasteiger charge is -2.39. The van der Waals surface area contributed by atoms with Gasteiger partial charge in [-0.3, -0.25) is 9.69 Å². The predicted octanol–water partition coefficient (Wildman–Crippen LogP) is 2.01. The van der Waals surface area contributed by atoms with Gasteiger partial charge in [-0.15, -0.1) is 11.3 Å². The fourth-order valence-electron chi connectivity index (χ4n) is 3.86. The zero-order valence-corrected chi connectivity index (χ0v) is 15.4. The number of nitrogens with zero attached hydrogens (tertiary/aromatic N) is 3. The summed E-state index contributed by atoms with van der Waals surface area (Å²) in [7, 11) is 2.20. The fraction of sp³-hybridized carbons (Fsp3) is 0.474. The van der Waals surface area contributed by atoms with Gasteiger partial charge >= 0.3 is 0 Å². The van der Waals surface area contributed by atoms with E-state index in [4.69, 9.17) is 10.7 Å². The Balaban J connectivity index is 1.56. The molecular weight excluding hydrogens is 332 g/mol. The monoisotopic (exact) mass is 356 g/mol. The minimum absolute atomic E-state index is 0.390. The second kappa shape index (κ2) is 6.86. The van der Waals surface area contributed by atoms with Crippen molar-refractivity contribution < 1.29 is 4.79 Å². The first-order chi connectivity index (χ1) is 12.1. The molecule has 0 radical (unpaired) electrons. The number of benzene rings is 1. The Bertz CT molecular complexity index is 779. The van der Waals surface area contributed by atoms with Crippen LogP contribution in [0.15, 0.2) is 24.3 Å². The first-order valence-corrected chi connectivity index (χ1v) is 9.74. The number of thiazole rings is 1. The van der Waals surface area contributed by atoms with Crippen molar-refractivity contribution in [3.63, 3.8) is 0 Å². The molecule has 1 aliphatic carbocycles. The lowest BCUT2D eigenvalue weighted by molar-refractivity contribution is 0.100. The van der Waals surface area contributed by atoms with E-state index in [2.05, 4.69) is 16.8 Å². The Kier molecular flexibility index (Phi) is 4.58. The van der Waals surface area contributed by atoms with Crippen LogP contribution in [-0.4, -0.2) is 60.0 Å². The number of fused-ring (bicyclic) bond motifs is 1. The van der Waals surface area contributed by atoms with E-state index in [9.17, 15) is 4.79 Å². The molecule has 1 aromatic carbocycles. The lowest BCUT2D eigenvalue weighted by Crippen LogP contribution is -2.50. The molecule has 2 heterocycles. The van der Waals surface area contributed by atoms with Gasteiger partial charge in [0.25, 0.3) is 0 Å². The van der Waals surface area contributed by atoms with Crippen molar-refractivity contribution in [2.24, 2.45) is 5.73 Å². The molecule has 25 heavy (non-hydrogen) atoms. The number of likely N-dealkylation sites (N-methyl/N-ethyl adjacent to an activating group) is 1. The van der Waals surface area contributed by atoms with Crippen LogP contribution in [0.2, 0.25) is 0 Å². The maximum Gasteiger partial charge on any atom is 0.249 e. The molecule has 1 aromatic heterocycles. The number of piperazine rings is 1. The lowest BCUT2D eigenvalue weighted by atomic mass is 9.95. The summed E-state index contributed by atoms with van der Waals surface area (Å²) in [6.07, 6.45) is 3.29. The van der Waals surface area contributed by atoms with E-state index in [0.717, 1.165) is 49.6 Å². The van der Waals surface area contributed by atoms with Crippen LogP contribution in [0.25, 0.3) is 10.6 Å². The van der Waals surface area contributed by atoms with Crippen LogP contribution in [-0.2, 0) is 12.8 Å². The van der Waals surface area contributed by atoms with Gasteiger partial charge < -0.3 is 10.6 Å². The number of hydrogen-bond donors (Lipinski definition) is 1. The summed E-state index contributed by atoms with van der Waals surface area (Å²) in [5.74, 6) is -0.390. The molecule has 1 saturated heterocycles. The Hall–Kier alpha value is -1.76. The minimum Gasteiger partial charge on any atom is -0.366 e. The van der Waals surface area contributed by atoms with Crippen LogP contribution in [0.5, 0.6) is 0 Å². The topological polar surface area (TPSA) is 62.5 Å². The van der Waals surface area contributed by atoms with Crippen molar-refractivity contribution in [2.75, 3.05) is 33.2 Å². The second-order valence-corrected chi connectivity index (χ2v) is 8.12. The summed E-state index contributed by atoms with van der Waals surface area (Å²) >= 11 is 1.73. The number of primary amides is 1. The summed E-state index contributed by atoms with van der Waals surface area (Å²) in [6.45, 7) is 4.63. The molecule has 1 fully saturated rings. The van der Waals surface area contributed by atoms with Crippen LogP contribution in [0.3, 0.4) is 0 Å². The van der Waals surface area contributed by atoms with Gasteiger partial charge in [0, 0.05) is 48.2 Å². The Morgan fingerprint density at radius 1 is 1.24 bits per heavy atom. The summed E-state index contributed by atoms with van der Waals surface area (Å²) < 4.78 is 0. The van der Waals surface area contributed by atoms with E-state index in [1.54, 1.807) is 17.4 Å². The summed E-state index contributed by atoms with van der Waals surface area (Å²) in [5.41, 5.74) is 8.17. The molecule has 2 N–H and O–H groups in total. The molecule has 2 aromatic rings. The molecule has 0 saturated carbocycles. The first-order valence-electron chi connectivity index (χ1n) is 8.92. The normalized spacial score (nSPS) is 21.9. The highest BCUT2D eigenvalue weighted by Gasteiger charge is 2.29. The highest BCUT2D eigenvalue weighted by molar-refractivity contribution is 7.15. The first kappa shape index (κ1) is 16.7. The van der Waals surface area contributed by atoms with E-state index >= 15 is 0 Å². The fourth-order valence-corrected chi connectivity index (χ4v) is 5.07. The van der Waals surface area contributed by atoms with Gasteiger partial charge in [0.2, 0.25) is 5.91 Å². The zero-order chi connectivity index (χ0) is 17.4. The maximum atomic E-state index is 11.7. The maximum absolute atomic E-state index is 11.7. The molecular formula is C19H24N4OS. The molecule has 0 unspecified atom stereocenters. The summed E-state index contributed by atoms with van der Waals surface area (Å²) in [4.78, 5) is 23.0. The molecule has 0 bridgehead atoms. The largest absolute Gasteiger partial charge is 0.366 e. The number of carbonyl (C=O) groups is 1. The molecule has 1 amide bonds. The van der Waals surface area contributed by atoms with Crippen molar-refractivity contribution in [2.45, 2.75) is 25.3 Å². The Morgan fingerprint density at radius 3 is 2.76 bits per heavy atom. The van der Waals surface area contributed by atoms with Gasteiger partial charge in [0.1, 0.15) is 5.01 Å². The third kappa shape index (κ3) is 3.34.